The number of H-pyrrole nitrogens is 1. The van der Waals surface area contributed by atoms with Crippen molar-refractivity contribution in [2.75, 3.05) is 24.0 Å². The zero-order valence-corrected chi connectivity index (χ0v) is 19.9. The molecule has 0 bridgehead atoms. The fourth-order valence-electron chi connectivity index (χ4n) is 4.51. The van der Waals surface area contributed by atoms with Crippen molar-refractivity contribution < 1.29 is 27.4 Å². The summed E-state index contributed by atoms with van der Waals surface area (Å²) < 4.78 is 54.7. The van der Waals surface area contributed by atoms with Gasteiger partial charge in [0.1, 0.15) is 17.2 Å². The lowest BCUT2D eigenvalue weighted by atomic mass is 10.1. The van der Waals surface area contributed by atoms with Gasteiger partial charge in [0, 0.05) is 28.9 Å². The van der Waals surface area contributed by atoms with Crippen molar-refractivity contribution in [3.8, 4) is 11.5 Å². The van der Waals surface area contributed by atoms with Gasteiger partial charge in [-0.1, -0.05) is 13.3 Å². The van der Waals surface area contributed by atoms with Crippen LogP contribution in [-0.4, -0.2) is 30.2 Å². The molecular weight excluding hydrogens is 473 g/mol. The molecule has 0 radical (unpaired) electrons. The van der Waals surface area contributed by atoms with Gasteiger partial charge in [-0.15, -0.1) is 0 Å². The highest BCUT2D eigenvalue weighted by atomic mass is 19.1. The maximum atomic E-state index is 15.4. The second kappa shape index (κ2) is 9.10. The highest BCUT2D eigenvalue weighted by Crippen LogP contribution is 2.44. The summed E-state index contributed by atoms with van der Waals surface area (Å²) in [4.78, 5) is 24.0. The Bertz CT molecular complexity index is 1440. The maximum Gasteiger partial charge on any atom is 0.334 e. The van der Waals surface area contributed by atoms with Gasteiger partial charge in [0.2, 0.25) is 0 Å². The van der Waals surface area contributed by atoms with E-state index in [4.69, 9.17) is 9.47 Å². The molecule has 10 heteroatoms. The van der Waals surface area contributed by atoms with E-state index in [0.717, 1.165) is 29.5 Å². The van der Waals surface area contributed by atoms with Gasteiger partial charge in [-0.05, 0) is 36.8 Å². The molecule has 0 unspecified atom stereocenters. The van der Waals surface area contributed by atoms with Gasteiger partial charge < -0.3 is 14.5 Å². The van der Waals surface area contributed by atoms with Crippen molar-refractivity contribution in [1.29, 1.82) is 0 Å². The smallest absolute Gasteiger partial charge is 0.334 e. The second-order valence-electron chi connectivity index (χ2n) is 8.38. The average molecular weight is 496 g/mol. The van der Waals surface area contributed by atoms with E-state index >= 15 is 8.78 Å². The van der Waals surface area contributed by atoms with Crippen molar-refractivity contribution in [3.05, 3.63) is 71.3 Å². The van der Waals surface area contributed by atoms with Gasteiger partial charge in [0.05, 0.1) is 32.1 Å². The molecule has 0 fully saturated rings. The zero-order valence-electron chi connectivity index (χ0n) is 19.9. The lowest BCUT2D eigenvalue weighted by Gasteiger charge is -2.37. The molecule has 1 aliphatic rings. The van der Waals surface area contributed by atoms with Gasteiger partial charge in [-0.2, -0.15) is 0 Å². The lowest BCUT2D eigenvalue weighted by molar-refractivity contribution is 0.251. The molecule has 1 aliphatic heterocycles. The first-order chi connectivity index (χ1) is 17.4. The Morgan fingerprint density at radius 3 is 2.28 bits per heavy atom. The number of aryl methyl sites for hydroxylation is 1. The van der Waals surface area contributed by atoms with Gasteiger partial charge in [-0.3, -0.25) is 9.80 Å². The van der Waals surface area contributed by atoms with E-state index in [1.165, 1.54) is 43.4 Å². The van der Waals surface area contributed by atoms with Crippen molar-refractivity contribution in [1.82, 2.24) is 9.97 Å². The van der Waals surface area contributed by atoms with Crippen LogP contribution in [0.2, 0.25) is 0 Å². The third kappa shape index (κ3) is 3.69. The first-order valence-corrected chi connectivity index (χ1v) is 11.3. The predicted molar refractivity (Wildman–Crippen MR) is 130 cm³/mol. The minimum Gasteiger partial charge on any atom is -0.493 e. The summed E-state index contributed by atoms with van der Waals surface area (Å²) in [5.41, 5.74) is 2.29. The van der Waals surface area contributed by atoms with E-state index in [1.807, 2.05) is 13.0 Å². The average Bonchev–Trinajstić information content (AvgIpc) is 3.28. The topological polar surface area (TPSA) is 70.7 Å². The van der Waals surface area contributed by atoms with Crippen LogP contribution in [0.5, 0.6) is 11.5 Å². The van der Waals surface area contributed by atoms with E-state index in [0.29, 0.717) is 28.0 Å². The summed E-state index contributed by atoms with van der Waals surface area (Å²) in [6.45, 7) is 1.89. The number of halogens is 3. The van der Waals surface area contributed by atoms with Crippen LogP contribution in [0.25, 0.3) is 11.0 Å². The number of carbonyl (C=O) groups excluding carboxylic acids is 1. The molecule has 0 spiro atoms. The number of anilines is 3. The summed E-state index contributed by atoms with van der Waals surface area (Å²) in [7, 11) is 2.47. The number of aromatic amines is 1. The number of ether oxygens (including phenoxy) is 2. The van der Waals surface area contributed by atoms with Crippen LogP contribution in [0.3, 0.4) is 0 Å². The molecule has 2 amide bonds. The summed E-state index contributed by atoms with van der Waals surface area (Å²) in [5.74, 6) is -3.14. The van der Waals surface area contributed by atoms with Crippen molar-refractivity contribution in [2.45, 2.75) is 26.3 Å². The number of hydrogen-bond donors (Lipinski definition) is 1. The number of aromatic nitrogens is 2. The number of nitrogens with zero attached hydrogens (tertiary/aromatic N) is 3. The molecule has 4 aromatic rings. The summed E-state index contributed by atoms with van der Waals surface area (Å²) in [6.07, 6.45) is 3.24. The molecule has 0 aliphatic carbocycles. The summed E-state index contributed by atoms with van der Waals surface area (Å²) in [6, 6.07) is 7.57. The van der Waals surface area contributed by atoms with Crippen LogP contribution < -0.4 is 19.3 Å². The predicted octanol–water partition coefficient (Wildman–Crippen LogP) is 6.23. The fourth-order valence-corrected chi connectivity index (χ4v) is 4.51. The number of pyridine rings is 1. The number of hydrogen-bond acceptors (Lipinski definition) is 4. The highest BCUT2D eigenvalue weighted by molar-refractivity contribution is 6.15. The van der Waals surface area contributed by atoms with Crippen LogP contribution in [0.15, 0.2) is 42.6 Å². The number of urea groups is 1. The standard InChI is InChI=1S/C26H23F3N4O3/c1-4-5-16-10-18-23-14(12-30-25(18)31-16)13-32(26(34)33(23)17-8-6-15(27)7-9-17)24-21(28)19(35-2)11-20(36-3)22(24)29/h6-12H,4-5,13H2,1-3H3,(H,30,31). The first kappa shape index (κ1) is 23.5. The third-order valence-electron chi connectivity index (χ3n) is 6.16. The summed E-state index contributed by atoms with van der Waals surface area (Å²) in [5, 5.41) is 0.678. The van der Waals surface area contributed by atoms with Gasteiger partial charge in [0.15, 0.2) is 23.1 Å². The fraction of sp³-hybridized carbons (Fsp3) is 0.231. The largest absolute Gasteiger partial charge is 0.493 e. The Morgan fingerprint density at radius 1 is 1.00 bits per heavy atom. The third-order valence-corrected chi connectivity index (χ3v) is 6.16. The number of amides is 2. The molecular formula is C26H23F3N4O3. The number of benzene rings is 2. The van der Waals surface area contributed by atoms with Crippen LogP contribution in [0.1, 0.15) is 24.6 Å². The first-order valence-electron chi connectivity index (χ1n) is 11.3. The van der Waals surface area contributed by atoms with Crippen LogP contribution in [0.4, 0.5) is 35.0 Å². The molecule has 7 nitrogen and oxygen atoms in total. The zero-order chi connectivity index (χ0) is 25.6. The molecule has 2 aromatic heterocycles. The minimum atomic E-state index is -1.05. The van der Waals surface area contributed by atoms with Crippen molar-refractivity contribution in [3.63, 3.8) is 0 Å². The molecule has 0 saturated heterocycles. The van der Waals surface area contributed by atoms with E-state index in [2.05, 4.69) is 9.97 Å². The Hall–Kier alpha value is -4.21. The molecule has 36 heavy (non-hydrogen) atoms. The second-order valence-corrected chi connectivity index (χ2v) is 8.38. The van der Waals surface area contributed by atoms with Gasteiger partial charge >= 0.3 is 6.03 Å². The van der Waals surface area contributed by atoms with Crippen LogP contribution in [-0.2, 0) is 13.0 Å². The normalized spacial score (nSPS) is 13.3. The monoisotopic (exact) mass is 496 g/mol. The van der Waals surface area contributed by atoms with Crippen molar-refractivity contribution >= 4 is 34.1 Å². The number of nitrogens with one attached hydrogen (secondary N) is 1. The number of carbonyl (C=O) groups is 1. The van der Waals surface area contributed by atoms with Crippen molar-refractivity contribution in [2.24, 2.45) is 0 Å². The minimum absolute atomic E-state index is 0.159. The number of methoxy groups -OCH3 is 2. The number of rotatable bonds is 6. The Labute approximate surface area is 205 Å². The van der Waals surface area contributed by atoms with Crippen LogP contribution in [0, 0.1) is 17.5 Å². The van der Waals surface area contributed by atoms with Crippen LogP contribution >= 0.6 is 0 Å². The molecule has 0 saturated carbocycles. The Kier molecular flexibility index (Phi) is 5.95. The maximum absolute atomic E-state index is 15.4. The molecule has 1 N–H and O–H groups in total. The SMILES string of the molecule is CCCc1cc2c3c(cnc2[nH]1)CN(c1c(F)c(OC)cc(OC)c1F)C(=O)N3c1ccc(F)cc1. The summed E-state index contributed by atoms with van der Waals surface area (Å²) >= 11 is 0. The van der Waals surface area contributed by atoms with E-state index in [9.17, 15) is 9.18 Å². The van der Waals surface area contributed by atoms with E-state index in [-0.39, 0.29) is 18.0 Å². The Balaban J connectivity index is 1.76. The van der Waals surface area contributed by atoms with Gasteiger partial charge in [-0.25, -0.2) is 22.9 Å². The van der Waals surface area contributed by atoms with Gasteiger partial charge in [0.25, 0.3) is 0 Å². The molecule has 186 valence electrons. The number of fused-ring (bicyclic) bond motifs is 3. The molecule has 2 aromatic carbocycles. The van der Waals surface area contributed by atoms with E-state index in [1.54, 1.807) is 6.20 Å². The molecule has 5 rings (SSSR count). The molecule has 0 atom stereocenters. The quantitative estimate of drug-likeness (QED) is 0.344. The lowest BCUT2D eigenvalue weighted by Crippen LogP contribution is -2.46. The molecule has 3 heterocycles. The Morgan fingerprint density at radius 2 is 1.67 bits per heavy atom. The highest BCUT2D eigenvalue weighted by Gasteiger charge is 2.38. The van der Waals surface area contributed by atoms with E-state index < -0.39 is 29.2 Å².